The molecule has 1 heterocycles. The maximum absolute atomic E-state index is 12.5. The molecular formula is C18H16N2O2S. The number of nitrogens with zero attached hydrogens (tertiary/aromatic N) is 1. The Balaban J connectivity index is 1.79. The highest BCUT2D eigenvalue weighted by molar-refractivity contribution is 7.13. The van der Waals surface area contributed by atoms with Crippen LogP contribution in [0.5, 0.6) is 5.75 Å². The molecule has 1 aromatic heterocycles. The number of aryl methyl sites for hydroxylation is 1. The summed E-state index contributed by atoms with van der Waals surface area (Å²) in [5.74, 6) is 0.375. The monoisotopic (exact) mass is 324 g/mol. The van der Waals surface area contributed by atoms with Gasteiger partial charge in [-0.05, 0) is 43.3 Å². The largest absolute Gasteiger partial charge is 0.496 e. The predicted molar refractivity (Wildman–Crippen MR) is 93.2 cm³/mol. The molecule has 23 heavy (non-hydrogen) atoms. The van der Waals surface area contributed by atoms with E-state index in [9.17, 15) is 4.79 Å². The van der Waals surface area contributed by atoms with Gasteiger partial charge in [-0.2, -0.15) is 0 Å². The zero-order valence-corrected chi connectivity index (χ0v) is 13.7. The van der Waals surface area contributed by atoms with Crippen molar-refractivity contribution in [2.45, 2.75) is 6.92 Å². The number of ether oxygens (including phenoxy) is 1. The number of nitrogens with one attached hydrogen (secondary N) is 1. The molecule has 0 radical (unpaired) electrons. The summed E-state index contributed by atoms with van der Waals surface area (Å²) < 4.78 is 5.26. The maximum Gasteiger partial charge on any atom is 0.259 e. The van der Waals surface area contributed by atoms with Gasteiger partial charge in [0.15, 0.2) is 0 Å². The number of aromatic nitrogens is 1. The number of amides is 1. The molecule has 0 saturated heterocycles. The summed E-state index contributed by atoms with van der Waals surface area (Å²) in [6, 6.07) is 13.2. The number of methoxy groups -OCH3 is 1. The quantitative estimate of drug-likeness (QED) is 0.775. The Morgan fingerprint density at radius 1 is 1.17 bits per heavy atom. The van der Waals surface area contributed by atoms with Crippen LogP contribution in [-0.2, 0) is 0 Å². The van der Waals surface area contributed by atoms with E-state index in [1.54, 1.807) is 30.7 Å². The number of carbonyl (C=O) groups excluding carboxylic acids is 1. The van der Waals surface area contributed by atoms with Gasteiger partial charge in [0.2, 0.25) is 0 Å². The summed E-state index contributed by atoms with van der Waals surface area (Å²) in [5.41, 5.74) is 3.30. The second-order valence-electron chi connectivity index (χ2n) is 5.07. The van der Waals surface area contributed by atoms with Gasteiger partial charge in [0.05, 0.1) is 12.7 Å². The van der Waals surface area contributed by atoms with Crippen LogP contribution in [0.2, 0.25) is 0 Å². The van der Waals surface area contributed by atoms with Crippen molar-refractivity contribution in [2.24, 2.45) is 0 Å². The molecule has 116 valence electrons. The number of anilines is 1. The fourth-order valence-corrected chi connectivity index (χ4v) is 2.90. The first-order valence-electron chi connectivity index (χ1n) is 7.13. The lowest BCUT2D eigenvalue weighted by Crippen LogP contribution is -2.13. The molecule has 0 bridgehead atoms. The Labute approximate surface area is 138 Å². The summed E-state index contributed by atoms with van der Waals surface area (Å²) in [5, 5.41) is 5.80. The van der Waals surface area contributed by atoms with E-state index in [1.807, 2.05) is 48.7 Å². The van der Waals surface area contributed by atoms with Crippen molar-refractivity contribution >= 4 is 22.9 Å². The number of rotatable bonds is 4. The van der Waals surface area contributed by atoms with Crippen LogP contribution in [0.25, 0.3) is 10.6 Å². The second-order valence-corrected chi connectivity index (χ2v) is 5.97. The fraction of sp³-hybridized carbons (Fsp3) is 0.111. The predicted octanol–water partition coefficient (Wildman–Crippen LogP) is 4.38. The standard InChI is InChI=1S/C18H16N2O2S/c1-12-3-8-16(22-2)15(11-12)17(21)20-14-6-4-13(5-7-14)18-19-9-10-23-18/h3-11H,1-2H3,(H,20,21). The average molecular weight is 324 g/mol. The molecule has 3 aromatic rings. The summed E-state index contributed by atoms with van der Waals surface area (Å²) in [7, 11) is 1.56. The number of thiazole rings is 1. The van der Waals surface area contributed by atoms with Gasteiger partial charge in [-0.1, -0.05) is 11.6 Å². The first-order chi connectivity index (χ1) is 11.2. The van der Waals surface area contributed by atoms with E-state index in [4.69, 9.17) is 4.74 Å². The van der Waals surface area contributed by atoms with E-state index in [0.717, 1.165) is 21.8 Å². The molecule has 0 atom stereocenters. The molecule has 1 N–H and O–H groups in total. The van der Waals surface area contributed by atoms with Crippen LogP contribution < -0.4 is 10.1 Å². The second kappa shape index (κ2) is 6.62. The van der Waals surface area contributed by atoms with Gasteiger partial charge in [-0.3, -0.25) is 4.79 Å². The Kier molecular flexibility index (Phi) is 4.39. The van der Waals surface area contributed by atoms with Gasteiger partial charge in [0.25, 0.3) is 5.91 Å². The van der Waals surface area contributed by atoms with Crippen LogP contribution in [0.15, 0.2) is 54.0 Å². The lowest BCUT2D eigenvalue weighted by Gasteiger charge is -2.10. The SMILES string of the molecule is COc1ccc(C)cc1C(=O)Nc1ccc(-c2nccs2)cc1. The van der Waals surface area contributed by atoms with E-state index in [1.165, 1.54) is 0 Å². The zero-order chi connectivity index (χ0) is 16.2. The summed E-state index contributed by atoms with van der Waals surface area (Å²) in [4.78, 5) is 16.7. The van der Waals surface area contributed by atoms with E-state index >= 15 is 0 Å². The normalized spacial score (nSPS) is 10.3. The van der Waals surface area contributed by atoms with Crippen molar-refractivity contribution in [3.8, 4) is 16.3 Å². The Morgan fingerprint density at radius 2 is 1.96 bits per heavy atom. The highest BCUT2D eigenvalue weighted by atomic mass is 32.1. The van der Waals surface area contributed by atoms with E-state index in [2.05, 4.69) is 10.3 Å². The highest BCUT2D eigenvalue weighted by Crippen LogP contribution is 2.24. The van der Waals surface area contributed by atoms with Crippen LogP contribution in [0.4, 0.5) is 5.69 Å². The van der Waals surface area contributed by atoms with Crippen LogP contribution >= 0.6 is 11.3 Å². The molecule has 0 aliphatic rings. The third kappa shape index (κ3) is 3.40. The topological polar surface area (TPSA) is 51.2 Å². The first kappa shape index (κ1) is 15.2. The molecule has 4 nitrogen and oxygen atoms in total. The molecule has 0 spiro atoms. The summed E-state index contributed by atoms with van der Waals surface area (Å²) in [6.07, 6.45) is 1.78. The van der Waals surface area contributed by atoms with Crippen molar-refractivity contribution in [3.05, 3.63) is 65.2 Å². The van der Waals surface area contributed by atoms with Crippen LogP contribution in [0.3, 0.4) is 0 Å². The van der Waals surface area contributed by atoms with Gasteiger partial charge in [0, 0.05) is 22.8 Å². The van der Waals surface area contributed by atoms with Crippen molar-refractivity contribution in [1.82, 2.24) is 4.98 Å². The van der Waals surface area contributed by atoms with Gasteiger partial charge in [-0.15, -0.1) is 11.3 Å². The molecule has 3 rings (SSSR count). The van der Waals surface area contributed by atoms with Crippen LogP contribution in [-0.4, -0.2) is 18.0 Å². The zero-order valence-electron chi connectivity index (χ0n) is 12.9. The maximum atomic E-state index is 12.5. The number of benzene rings is 2. The Hall–Kier alpha value is -2.66. The molecule has 0 aliphatic heterocycles. The minimum Gasteiger partial charge on any atom is -0.496 e. The highest BCUT2D eigenvalue weighted by Gasteiger charge is 2.12. The molecule has 0 saturated carbocycles. The lowest BCUT2D eigenvalue weighted by molar-refractivity contribution is 0.102. The summed E-state index contributed by atoms with van der Waals surface area (Å²) >= 11 is 1.58. The Morgan fingerprint density at radius 3 is 2.61 bits per heavy atom. The van der Waals surface area contributed by atoms with E-state index in [0.29, 0.717) is 11.3 Å². The molecule has 2 aromatic carbocycles. The first-order valence-corrected chi connectivity index (χ1v) is 8.01. The average Bonchev–Trinajstić information content (AvgIpc) is 3.10. The third-order valence-corrected chi connectivity index (χ3v) is 4.24. The van der Waals surface area contributed by atoms with E-state index in [-0.39, 0.29) is 5.91 Å². The smallest absolute Gasteiger partial charge is 0.259 e. The molecule has 0 fully saturated rings. The number of hydrogen-bond donors (Lipinski definition) is 1. The summed E-state index contributed by atoms with van der Waals surface area (Å²) in [6.45, 7) is 1.94. The fourth-order valence-electron chi connectivity index (χ4n) is 2.26. The minimum absolute atomic E-state index is 0.187. The van der Waals surface area contributed by atoms with Gasteiger partial charge in [0.1, 0.15) is 10.8 Å². The molecule has 1 amide bonds. The van der Waals surface area contributed by atoms with Gasteiger partial charge in [-0.25, -0.2) is 4.98 Å². The van der Waals surface area contributed by atoms with Crippen LogP contribution in [0, 0.1) is 6.92 Å². The van der Waals surface area contributed by atoms with Crippen LogP contribution in [0.1, 0.15) is 15.9 Å². The minimum atomic E-state index is -0.187. The van der Waals surface area contributed by atoms with Gasteiger partial charge < -0.3 is 10.1 Å². The van der Waals surface area contributed by atoms with Gasteiger partial charge >= 0.3 is 0 Å². The Bertz CT molecular complexity index is 812. The number of carbonyl (C=O) groups is 1. The van der Waals surface area contributed by atoms with Crippen molar-refractivity contribution < 1.29 is 9.53 Å². The molecule has 0 unspecified atom stereocenters. The lowest BCUT2D eigenvalue weighted by atomic mass is 10.1. The molecular weight excluding hydrogens is 308 g/mol. The van der Waals surface area contributed by atoms with E-state index < -0.39 is 0 Å². The van der Waals surface area contributed by atoms with Crippen molar-refractivity contribution in [1.29, 1.82) is 0 Å². The van der Waals surface area contributed by atoms with Crippen molar-refractivity contribution in [2.75, 3.05) is 12.4 Å². The molecule has 5 heteroatoms. The molecule has 0 aliphatic carbocycles. The number of hydrogen-bond acceptors (Lipinski definition) is 4. The van der Waals surface area contributed by atoms with Crippen molar-refractivity contribution in [3.63, 3.8) is 0 Å². The third-order valence-electron chi connectivity index (χ3n) is 3.42.